The Bertz CT molecular complexity index is 1190. The van der Waals surface area contributed by atoms with Crippen molar-refractivity contribution in [2.24, 2.45) is 0 Å². The molecule has 0 amide bonds. The fraction of sp³-hybridized carbons (Fsp3) is 0.261. The predicted molar refractivity (Wildman–Crippen MR) is 126 cm³/mol. The molecular formula is C23H25NO7S2. The van der Waals surface area contributed by atoms with Crippen molar-refractivity contribution in [2.75, 3.05) is 13.2 Å². The average molecular weight is 492 g/mol. The van der Waals surface area contributed by atoms with Gasteiger partial charge in [0, 0.05) is 16.3 Å². The molecule has 0 unspecified atom stereocenters. The molecule has 2 aromatic carbocycles. The Morgan fingerprint density at radius 2 is 1.82 bits per heavy atom. The normalized spacial score (nSPS) is 19.3. The van der Waals surface area contributed by atoms with Gasteiger partial charge in [-0.15, -0.1) is 11.3 Å². The van der Waals surface area contributed by atoms with Gasteiger partial charge in [-0.1, -0.05) is 49.4 Å². The molecule has 0 aliphatic heterocycles. The van der Waals surface area contributed by atoms with Crippen LogP contribution in [-0.2, 0) is 15.4 Å². The quantitative estimate of drug-likeness (QED) is 0.374. The number of sulfonamides is 1. The summed E-state index contributed by atoms with van der Waals surface area (Å²) in [5.74, 6) is 0.643. The maximum atomic E-state index is 12.9. The number of aliphatic hydroxyl groups is 1. The third-order valence-electron chi connectivity index (χ3n) is 5.29. The van der Waals surface area contributed by atoms with Crippen molar-refractivity contribution >= 4 is 27.5 Å². The summed E-state index contributed by atoms with van der Waals surface area (Å²) < 4.78 is 34.4. The molecule has 0 bridgehead atoms. The molecule has 0 spiro atoms. The number of nitrogens with one attached hydrogen (secondary N) is 1. The van der Waals surface area contributed by atoms with Gasteiger partial charge in [0.25, 0.3) is 0 Å². The number of hydrogen-bond donors (Lipinski definition) is 4. The Morgan fingerprint density at radius 1 is 1.12 bits per heavy atom. The fourth-order valence-electron chi connectivity index (χ4n) is 3.44. The molecule has 8 nitrogen and oxygen atoms in total. The van der Waals surface area contributed by atoms with Gasteiger partial charge in [0.15, 0.2) is 0 Å². The number of thiophene rings is 1. The van der Waals surface area contributed by atoms with E-state index in [4.69, 9.17) is 24.9 Å². The highest BCUT2D eigenvalue weighted by Crippen LogP contribution is 2.48. The molecule has 1 saturated carbocycles. The van der Waals surface area contributed by atoms with E-state index >= 15 is 0 Å². The first-order valence-corrected chi connectivity index (χ1v) is 12.4. The smallest absolute Gasteiger partial charge is 0.491 e. The van der Waals surface area contributed by atoms with Crippen LogP contribution < -0.4 is 9.46 Å². The summed E-state index contributed by atoms with van der Waals surface area (Å²) in [6.45, 7) is 2.26. The van der Waals surface area contributed by atoms with Crippen LogP contribution in [0.5, 0.6) is 5.75 Å². The molecule has 4 N–H and O–H groups in total. The summed E-state index contributed by atoms with van der Waals surface area (Å²) in [6, 6.07) is 20.8. The van der Waals surface area contributed by atoms with Gasteiger partial charge in [0.05, 0.1) is 6.61 Å². The van der Waals surface area contributed by atoms with Crippen molar-refractivity contribution in [2.45, 2.75) is 29.0 Å². The number of ether oxygens (including phenoxy) is 1. The van der Waals surface area contributed by atoms with Crippen LogP contribution in [0.25, 0.3) is 10.4 Å². The summed E-state index contributed by atoms with van der Waals surface area (Å²) in [6.07, 6.45) is -1.04. The second kappa shape index (κ2) is 10.3. The van der Waals surface area contributed by atoms with E-state index in [9.17, 15) is 8.42 Å². The molecule has 1 aromatic heterocycles. The molecule has 3 aromatic rings. The van der Waals surface area contributed by atoms with E-state index in [2.05, 4.69) is 11.6 Å². The van der Waals surface area contributed by atoms with Crippen LogP contribution >= 0.6 is 11.3 Å². The fourth-order valence-corrected chi connectivity index (χ4v) is 6.11. The molecule has 1 fully saturated rings. The molecule has 1 aliphatic carbocycles. The third kappa shape index (κ3) is 6.32. The van der Waals surface area contributed by atoms with E-state index in [1.54, 1.807) is 6.07 Å². The zero-order valence-corrected chi connectivity index (χ0v) is 19.5. The lowest BCUT2D eigenvalue weighted by Crippen LogP contribution is -2.29. The van der Waals surface area contributed by atoms with E-state index in [1.807, 2.05) is 60.7 Å². The van der Waals surface area contributed by atoms with E-state index in [-0.39, 0.29) is 24.7 Å². The molecule has 33 heavy (non-hydrogen) atoms. The molecule has 1 aliphatic rings. The maximum absolute atomic E-state index is 12.9. The van der Waals surface area contributed by atoms with Crippen LogP contribution in [0.3, 0.4) is 0 Å². The minimum Gasteiger partial charge on any atom is -0.491 e. The standard InChI is InChI=1S/C22H23NO4S2.CH2O3/c1-22(17-7-3-2-4-8-17)15-20(22)23-29(25,26)21-11-10-19(28-21)16-6-5-9-18(14-16)27-13-12-24;2-1(3)4/h2-11,14,20,23-24H,12-13,15H2,1H3;(H2,2,3,4)/t20-,22+;/m0./s1. The van der Waals surface area contributed by atoms with E-state index in [0.29, 0.717) is 9.96 Å². The Balaban J connectivity index is 0.000000709. The second-order valence-electron chi connectivity index (χ2n) is 7.66. The molecular weight excluding hydrogens is 466 g/mol. The molecule has 0 radical (unpaired) electrons. The molecule has 0 saturated heterocycles. The number of benzene rings is 2. The molecule has 176 valence electrons. The lowest BCUT2D eigenvalue weighted by molar-refractivity contribution is 0.137. The number of aliphatic hydroxyl groups excluding tert-OH is 1. The topological polar surface area (TPSA) is 133 Å². The van der Waals surface area contributed by atoms with Gasteiger partial charge >= 0.3 is 6.16 Å². The van der Waals surface area contributed by atoms with Gasteiger partial charge in [-0.3, -0.25) is 0 Å². The van der Waals surface area contributed by atoms with E-state index < -0.39 is 16.2 Å². The highest BCUT2D eigenvalue weighted by molar-refractivity contribution is 7.91. The van der Waals surface area contributed by atoms with Crippen LogP contribution in [0.2, 0.25) is 0 Å². The SMILES string of the molecule is C[C@]1(c2ccccc2)C[C@@H]1NS(=O)(=O)c1ccc(-c2cccc(OCCO)c2)s1.O=C(O)O. The minimum atomic E-state index is -3.58. The van der Waals surface area contributed by atoms with Crippen molar-refractivity contribution in [3.8, 4) is 16.2 Å². The van der Waals surface area contributed by atoms with Gasteiger partial charge in [0.2, 0.25) is 10.0 Å². The highest BCUT2D eigenvalue weighted by atomic mass is 32.2. The maximum Gasteiger partial charge on any atom is 0.503 e. The minimum absolute atomic E-state index is 0.0552. The average Bonchev–Trinajstić information content (AvgIpc) is 3.19. The first-order chi connectivity index (χ1) is 15.7. The van der Waals surface area contributed by atoms with E-state index in [1.165, 1.54) is 11.3 Å². The van der Waals surface area contributed by atoms with Crippen molar-refractivity contribution in [3.63, 3.8) is 0 Å². The summed E-state index contributed by atoms with van der Waals surface area (Å²) in [5, 5.41) is 22.8. The second-order valence-corrected chi connectivity index (χ2v) is 10.7. The number of carboxylic acid groups (broad SMARTS) is 2. The Morgan fingerprint density at radius 3 is 2.48 bits per heavy atom. The van der Waals surface area contributed by atoms with Crippen molar-refractivity contribution < 1.29 is 33.3 Å². The van der Waals surface area contributed by atoms with Crippen LogP contribution in [0.15, 0.2) is 70.9 Å². The molecule has 2 atom stereocenters. The summed E-state index contributed by atoms with van der Waals surface area (Å²) >= 11 is 1.24. The number of rotatable bonds is 8. The summed E-state index contributed by atoms with van der Waals surface area (Å²) in [4.78, 5) is 9.40. The van der Waals surface area contributed by atoms with Crippen LogP contribution in [0.1, 0.15) is 18.9 Å². The predicted octanol–water partition coefficient (Wildman–Crippen LogP) is 4.02. The monoisotopic (exact) mass is 491 g/mol. The first kappa shape index (κ1) is 24.7. The van der Waals surface area contributed by atoms with Crippen molar-refractivity contribution in [3.05, 3.63) is 72.3 Å². The lowest BCUT2D eigenvalue weighted by atomic mass is 9.98. The molecule has 4 rings (SSSR count). The molecule has 1 heterocycles. The first-order valence-electron chi connectivity index (χ1n) is 10.1. The third-order valence-corrected chi connectivity index (χ3v) is 8.39. The van der Waals surface area contributed by atoms with Gasteiger partial charge in [-0.05, 0) is 41.8 Å². The largest absolute Gasteiger partial charge is 0.503 e. The summed E-state index contributed by atoms with van der Waals surface area (Å²) in [5.41, 5.74) is 1.87. The van der Waals surface area contributed by atoms with Gasteiger partial charge < -0.3 is 20.1 Å². The van der Waals surface area contributed by atoms with Crippen LogP contribution in [0.4, 0.5) is 4.79 Å². The Hall–Kier alpha value is -2.92. The summed E-state index contributed by atoms with van der Waals surface area (Å²) in [7, 11) is -3.58. The zero-order chi connectivity index (χ0) is 24.1. The van der Waals surface area contributed by atoms with Crippen LogP contribution in [-0.4, -0.2) is 49.1 Å². The highest BCUT2D eigenvalue weighted by Gasteiger charge is 2.53. The number of carbonyl (C=O) groups is 1. The van der Waals surface area contributed by atoms with Gasteiger partial charge in [-0.25, -0.2) is 17.9 Å². The van der Waals surface area contributed by atoms with Gasteiger partial charge in [-0.2, -0.15) is 0 Å². The lowest BCUT2D eigenvalue weighted by Gasteiger charge is -2.12. The Kier molecular flexibility index (Phi) is 7.75. The Labute approximate surface area is 196 Å². The van der Waals surface area contributed by atoms with Crippen molar-refractivity contribution in [1.29, 1.82) is 0 Å². The van der Waals surface area contributed by atoms with E-state index in [0.717, 1.165) is 22.4 Å². The number of hydrogen-bond acceptors (Lipinski definition) is 6. The van der Waals surface area contributed by atoms with Crippen LogP contribution in [0, 0.1) is 0 Å². The van der Waals surface area contributed by atoms with Crippen molar-refractivity contribution in [1.82, 2.24) is 4.72 Å². The molecule has 10 heteroatoms. The van der Waals surface area contributed by atoms with Gasteiger partial charge in [0.1, 0.15) is 16.6 Å². The zero-order valence-electron chi connectivity index (χ0n) is 17.8.